The number of carbonyl (C=O) groups excluding carboxylic acids is 2. The summed E-state index contributed by atoms with van der Waals surface area (Å²) in [7, 11) is -8.54. The van der Waals surface area contributed by atoms with Crippen LogP contribution in [0.1, 0.15) is 45.7 Å². The minimum atomic E-state index is -4.27. The van der Waals surface area contributed by atoms with E-state index in [1.54, 1.807) is 48.5 Å². The lowest BCUT2D eigenvalue weighted by Crippen LogP contribution is -2.32. The molecule has 0 aliphatic heterocycles. The number of hydrogen-bond donors (Lipinski definition) is 2. The van der Waals surface area contributed by atoms with Gasteiger partial charge >= 0.3 is 0 Å². The zero-order valence-corrected chi connectivity index (χ0v) is 33.9. The standard InChI is InChI=1S/C30H26N4O2.2C7H8O3S/c1-3-33-17-5-7-23-19-25(13-15-27(23)33)31-29(35)21-9-11-22(12-10-21)30(36)32-26-14-16-28-24(20-26)8-6-18-34(28)4-2;2*1-6-2-4-7(5-3-6)11(8,9)10/h5-20H,3-4H2,1-2H3;2*2-5H,1H3,(H,8,9,10). The van der Waals surface area contributed by atoms with Gasteiger partial charge in [-0.05, 0) is 113 Å². The maximum absolute atomic E-state index is 12.8. The predicted molar refractivity (Wildman–Crippen MR) is 220 cm³/mol. The van der Waals surface area contributed by atoms with Crippen molar-refractivity contribution in [2.24, 2.45) is 0 Å². The number of pyridine rings is 2. The Labute approximate surface area is 337 Å². The molecule has 12 nitrogen and oxygen atoms in total. The summed E-state index contributed by atoms with van der Waals surface area (Å²) in [6, 6.07) is 38.1. The molecule has 0 aliphatic rings. The zero-order chi connectivity index (χ0) is 42.0. The number of benzene rings is 5. The topological polar surface area (TPSA) is 180 Å². The molecule has 0 saturated heterocycles. The Morgan fingerprint density at radius 3 is 1.17 bits per heavy atom. The number of fused-ring (bicyclic) bond motifs is 2. The number of nitrogens with one attached hydrogen (secondary N) is 2. The average Bonchev–Trinajstić information content (AvgIpc) is 3.20. The van der Waals surface area contributed by atoms with E-state index in [0.29, 0.717) is 11.1 Å². The summed E-state index contributed by atoms with van der Waals surface area (Å²) in [6.45, 7) is 9.60. The predicted octanol–water partition coefficient (Wildman–Crippen LogP) is 6.91. The van der Waals surface area contributed by atoms with Crippen molar-refractivity contribution in [3.63, 3.8) is 0 Å². The molecule has 14 heteroatoms. The second-order valence-corrected chi connectivity index (χ2v) is 15.9. The van der Waals surface area contributed by atoms with Gasteiger partial charge in [-0.3, -0.25) is 9.59 Å². The molecule has 0 atom stereocenters. The molecule has 298 valence electrons. The van der Waals surface area contributed by atoms with Crippen LogP contribution < -0.4 is 19.8 Å². The quantitative estimate of drug-likeness (QED) is 0.123. The second-order valence-electron chi connectivity index (χ2n) is 13.2. The molecule has 5 aromatic carbocycles. The Kier molecular flexibility index (Phi) is 13.8. The van der Waals surface area contributed by atoms with E-state index in [0.717, 1.165) is 57.4 Å². The van der Waals surface area contributed by atoms with Crippen LogP contribution in [0.15, 0.2) is 156 Å². The van der Waals surface area contributed by atoms with E-state index in [-0.39, 0.29) is 21.6 Å². The number of aryl methyl sites for hydroxylation is 4. The first-order chi connectivity index (χ1) is 27.5. The summed E-state index contributed by atoms with van der Waals surface area (Å²) in [4.78, 5) is 25.3. The monoisotopic (exact) mass is 818 g/mol. The van der Waals surface area contributed by atoms with Crippen molar-refractivity contribution < 1.29 is 44.7 Å². The Morgan fingerprint density at radius 1 is 0.517 bits per heavy atom. The SMILES string of the molecule is CC[n+]1cccc2cc(NC(=O)c3ccc(C(=O)Nc4ccc5c(ccc[n+]5CC)c4)cc3)ccc21.Cc1ccc(S(=O)(=O)[O-])cc1.Cc1ccc(S(=O)(=O)[O-])cc1. The van der Waals surface area contributed by atoms with E-state index in [9.17, 15) is 35.5 Å². The third-order valence-electron chi connectivity index (χ3n) is 8.98. The molecule has 0 radical (unpaired) electrons. The summed E-state index contributed by atoms with van der Waals surface area (Å²) in [5, 5.41) is 8.02. The summed E-state index contributed by atoms with van der Waals surface area (Å²) >= 11 is 0. The van der Waals surface area contributed by atoms with Gasteiger partial charge in [0.1, 0.15) is 33.3 Å². The molecule has 7 aromatic rings. The average molecular weight is 819 g/mol. The van der Waals surface area contributed by atoms with Gasteiger partial charge in [-0.2, -0.15) is 9.13 Å². The number of rotatable bonds is 8. The molecule has 0 spiro atoms. The van der Waals surface area contributed by atoms with Crippen molar-refractivity contribution in [3.8, 4) is 0 Å². The van der Waals surface area contributed by atoms with Gasteiger partial charge in [0.2, 0.25) is 11.0 Å². The van der Waals surface area contributed by atoms with Gasteiger partial charge in [0.15, 0.2) is 12.4 Å². The third-order valence-corrected chi connectivity index (χ3v) is 10.7. The van der Waals surface area contributed by atoms with Gasteiger partial charge in [0.25, 0.3) is 11.8 Å². The fourth-order valence-electron chi connectivity index (χ4n) is 5.86. The molecule has 7 rings (SSSR count). The zero-order valence-electron chi connectivity index (χ0n) is 32.2. The molecule has 0 saturated carbocycles. The van der Waals surface area contributed by atoms with Gasteiger partial charge in [-0.15, -0.1) is 0 Å². The first-order valence-electron chi connectivity index (χ1n) is 18.2. The molecule has 0 bridgehead atoms. The van der Waals surface area contributed by atoms with Crippen LogP contribution in [0.5, 0.6) is 0 Å². The first kappa shape index (κ1) is 42.8. The fourth-order valence-corrected chi connectivity index (χ4v) is 6.80. The Balaban J connectivity index is 0.000000236. The highest BCUT2D eigenvalue weighted by Crippen LogP contribution is 2.20. The van der Waals surface area contributed by atoms with Gasteiger partial charge in [0.05, 0.1) is 9.79 Å². The smallest absolute Gasteiger partial charge is 0.255 e. The summed E-state index contributed by atoms with van der Waals surface area (Å²) in [6.07, 6.45) is 4.08. The molecule has 2 N–H and O–H groups in total. The van der Waals surface area contributed by atoms with Crippen molar-refractivity contribution in [3.05, 3.63) is 168 Å². The van der Waals surface area contributed by atoms with Crippen molar-refractivity contribution >= 4 is 65.2 Å². The highest BCUT2D eigenvalue weighted by molar-refractivity contribution is 7.86. The van der Waals surface area contributed by atoms with Crippen molar-refractivity contribution in [1.29, 1.82) is 0 Å². The molecule has 58 heavy (non-hydrogen) atoms. The summed E-state index contributed by atoms with van der Waals surface area (Å²) in [5.41, 5.74) is 6.51. The van der Waals surface area contributed by atoms with E-state index in [1.807, 2.05) is 86.9 Å². The van der Waals surface area contributed by atoms with Crippen molar-refractivity contribution in [1.82, 2.24) is 0 Å². The molecular formula is C44H42N4O8S2. The van der Waals surface area contributed by atoms with Crippen molar-refractivity contribution in [2.75, 3.05) is 10.6 Å². The normalized spacial score (nSPS) is 11.1. The maximum Gasteiger partial charge on any atom is 0.255 e. The highest BCUT2D eigenvalue weighted by Gasteiger charge is 2.13. The minimum Gasteiger partial charge on any atom is -0.744 e. The number of amides is 2. The molecular weight excluding hydrogens is 777 g/mol. The lowest BCUT2D eigenvalue weighted by molar-refractivity contribution is -0.668. The molecule has 2 amide bonds. The number of anilines is 2. The van der Waals surface area contributed by atoms with Crippen LogP contribution in [-0.2, 0) is 33.3 Å². The largest absolute Gasteiger partial charge is 0.744 e. The van der Waals surface area contributed by atoms with Gasteiger partial charge in [0, 0.05) is 57.5 Å². The second kappa shape index (κ2) is 18.7. The van der Waals surface area contributed by atoms with Crippen LogP contribution in [0, 0.1) is 13.8 Å². The number of aromatic nitrogens is 2. The maximum atomic E-state index is 12.8. The van der Waals surface area contributed by atoms with Gasteiger partial charge in [-0.1, -0.05) is 35.4 Å². The van der Waals surface area contributed by atoms with Crippen LogP contribution in [-0.4, -0.2) is 37.8 Å². The van der Waals surface area contributed by atoms with Crippen molar-refractivity contribution in [2.45, 2.75) is 50.6 Å². The van der Waals surface area contributed by atoms with Crippen LogP contribution >= 0.6 is 0 Å². The number of nitrogens with zero attached hydrogens (tertiary/aromatic N) is 2. The lowest BCUT2D eigenvalue weighted by Gasteiger charge is -2.09. The van der Waals surface area contributed by atoms with Gasteiger partial charge < -0.3 is 19.7 Å². The van der Waals surface area contributed by atoms with E-state index in [2.05, 4.69) is 33.6 Å². The number of carbonyl (C=O) groups is 2. The van der Waals surface area contributed by atoms with Gasteiger partial charge in [-0.25, -0.2) is 16.8 Å². The summed E-state index contributed by atoms with van der Waals surface area (Å²) < 4.78 is 66.6. The third kappa shape index (κ3) is 11.4. The molecule has 0 aliphatic carbocycles. The molecule has 2 heterocycles. The van der Waals surface area contributed by atoms with E-state index in [1.165, 1.54) is 24.3 Å². The van der Waals surface area contributed by atoms with Crippen LogP contribution in [0.25, 0.3) is 21.8 Å². The highest BCUT2D eigenvalue weighted by atomic mass is 32.2. The molecule has 0 fully saturated rings. The van der Waals surface area contributed by atoms with E-state index < -0.39 is 20.2 Å². The Morgan fingerprint density at radius 2 is 0.862 bits per heavy atom. The Hall–Kier alpha value is -6.32. The minimum absolute atomic E-state index is 0.178. The van der Waals surface area contributed by atoms with Crippen LogP contribution in [0.4, 0.5) is 11.4 Å². The Bertz CT molecular complexity index is 2600. The first-order valence-corrected chi connectivity index (χ1v) is 21.0. The lowest BCUT2D eigenvalue weighted by atomic mass is 10.1. The van der Waals surface area contributed by atoms with Crippen LogP contribution in [0.3, 0.4) is 0 Å². The molecule has 0 unspecified atom stereocenters. The van der Waals surface area contributed by atoms with Crippen LogP contribution in [0.2, 0.25) is 0 Å². The number of hydrogen-bond acceptors (Lipinski definition) is 8. The van der Waals surface area contributed by atoms with E-state index >= 15 is 0 Å². The van der Waals surface area contributed by atoms with E-state index in [4.69, 9.17) is 0 Å². The summed E-state index contributed by atoms with van der Waals surface area (Å²) in [5.74, 6) is -0.446. The molecule has 2 aromatic heterocycles. The fraction of sp³-hybridized carbons (Fsp3) is 0.136.